The average molecular weight is 239 g/mol. The minimum atomic E-state index is -0.547. The lowest BCUT2D eigenvalue weighted by Crippen LogP contribution is -2.47. The third-order valence-electron chi connectivity index (χ3n) is 2.86. The lowest BCUT2D eigenvalue weighted by molar-refractivity contribution is 0.0135. The second-order valence-corrected chi connectivity index (χ2v) is 3.90. The highest BCUT2D eigenvalue weighted by molar-refractivity contribution is 5.24. The van der Waals surface area contributed by atoms with Crippen LogP contribution in [0.4, 0.5) is 0 Å². The number of hydrogen-bond donors (Lipinski definition) is 2. The highest BCUT2D eigenvalue weighted by Crippen LogP contribution is 2.20. The summed E-state index contributed by atoms with van der Waals surface area (Å²) in [5, 5.41) is 12.8. The molecule has 0 fully saturated rings. The Bertz CT molecular complexity index is 299. The maximum atomic E-state index is 9.61. The van der Waals surface area contributed by atoms with E-state index in [4.69, 9.17) is 9.47 Å². The second kappa shape index (κ2) is 7.40. The molecule has 1 aromatic rings. The molecule has 1 unspecified atom stereocenters. The van der Waals surface area contributed by atoms with Crippen molar-refractivity contribution in [2.24, 2.45) is 0 Å². The highest BCUT2D eigenvalue weighted by Gasteiger charge is 2.29. The van der Waals surface area contributed by atoms with Gasteiger partial charge in [-0.1, -0.05) is 30.3 Å². The zero-order chi connectivity index (χ0) is 12.6. The Morgan fingerprint density at radius 3 is 2.47 bits per heavy atom. The van der Waals surface area contributed by atoms with Gasteiger partial charge in [-0.3, -0.25) is 0 Å². The zero-order valence-corrected chi connectivity index (χ0v) is 10.5. The first-order chi connectivity index (χ1) is 8.29. The smallest absolute Gasteiger partial charge is 0.0903 e. The second-order valence-electron chi connectivity index (χ2n) is 3.90. The van der Waals surface area contributed by atoms with E-state index < -0.39 is 5.54 Å². The van der Waals surface area contributed by atoms with Gasteiger partial charge in [0, 0.05) is 7.11 Å². The van der Waals surface area contributed by atoms with Crippen molar-refractivity contribution in [2.45, 2.75) is 5.54 Å². The molecule has 2 N–H and O–H groups in total. The fraction of sp³-hybridized carbons (Fsp3) is 0.538. The number of aliphatic hydroxyl groups is 1. The van der Waals surface area contributed by atoms with Crippen LogP contribution in [0, 0.1) is 0 Å². The molecular weight excluding hydrogens is 218 g/mol. The van der Waals surface area contributed by atoms with Crippen LogP contribution in [0.25, 0.3) is 0 Å². The van der Waals surface area contributed by atoms with Crippen LogP contribution < -0.4 is 5.32 Å². The van der Waals surface area contributed by atoms with Gasteiger partial charge in [0.1, 0.15) is 0 Å². The molecule has 0 radical (unpaired) electrons. The summed E-state index contributed by atoms with van der Waals surface area (Å²) in [6.07, 6.45) is 0. The normalized spacial score (nSPS) is 14.5. The number of aliphatic hydroxyl groups excluding tert-OH is 1. The van der Waals surface area contributed by atoms with E-state index in [0.717, 1.165) is 5.56 Å². The molecule has 0 aromatic heterocycles. The molecule has 17 heavy (non-hydrogen) atoms. The van der Waals surface area contributed by atoms with Crippen molar-refractivity contribution < 1.29 is 14.6 Å². The van der Waals surface area contributed by atoms with Crippen molar-refractivity contribution in [2.75, 3.05) is 40.6 Å². The first-order valence-electron chi connectivity index (χ1n) is 5.71. The predicted molar refractivity (Wildman–Crippen MR) is 67.0 cm³/mol. The lowest BCUT2D eigenvalue weighted by Gasteiger charge is -2.31. The Balaban J connectivity index is 2.68. The highest BCUT2D eigenvalue weighted by atomic mass is 16.5. The molecule has 4 heteroatoms. The molecule has 1 atom stereocenters. The molecule has 0 aliphatic rings. The van der Waals surface area contributed by atoms with E-state index in [1.807, 2.05) is 37.4 Å². The van der Waals surface area contributed by atoms with Crippen LogP contribution in [0.3, 0.4) is 0 Å². The Morgan fingerprint density at radius 1 is 1.24 bits per heavy atom. The summed E-state index contributed by atoms with van der Waals surface area (Å²) in [4.78, 5) is 0. The number of likely N-dealkylation sites (N-methyl/N-ethyl adjacent to an activating group) is 1. The van der Waals surface area contributed by atoms with Gasteiger partial charge in [-0.15, -0.1) is 0 Å². The number of hydrogen-bond acceptors (Lipinski definition) is 4. The topological polar surface area (TPSA) is 50.7 Å². The van der Waals surface area contributed by atoms with E-state index in [2.05, 4.69) is 5.32 Å². The Labute approximate surface area is 103 Å². The molecule has 4 nitrogen and oxygen atoms in total. The third-order valence-corrected chi connectivity index (χ3v) is 2.86. The maximum Gasteiger partial charge on any atom is 0.0903 e. The van der Waals surface area contributed by atoms with Gasteiger partial charge in [0.15, 0.2) is 0 Å². The van der Waals surface area contributed by atoms with Crippen LogP contribution in [0.15, 0.2) is 30.3 Å². The van der Waals surface area contributed by atoms with Crippen molar-refractivity contribution in [1.82, 2.24) is 5.32 Å². The van der Waals surface area contributed by atoms with Crippen LogP contribution in [0.2, 0.25) is 0 Å². The largest absolute Gasteiger partial charge is 0.394 e. The molecule has 0 spiro atoms. The summed E-state index contributed by atoms with van der Waals surface area (Å²) >= 11 is 0. The van der Waals surface area contributed by atoms with E-state index in [-0.39, 0.29) is 6.61 Å². The van der Waals surface area contributed by atoms with Crippen LogP contribution in [0.1, 0.15) is 5.56 Å². The molecule has 96 valence electrons. The molecule has 0 heterocycles. The van der Waals surface area contributed by atoms with Gasteiger partial charge in [0.05, 0.1) is 32.0 Å². The summed E-state index contributed by atoms with van der Waals surface area (Å²) in [7, 11) is 3.46. The molecule has 0 amide bonds. The van der Waals surface area contributed by atoms with Crippen LogP contribution in [-0.4, -0.2) is 45.7 Å². The summed E-state index contributed by atoms with van der Waals surface area (Å²) in [5.74, 6) is 0. The van der Waals surface area contributed by atoms with Gasteiger partial charge < -0.3 is 19.9 Å². The number of rotatable bonds is 8. The maximum absolute atomic E-state index is 9.61. The Kier molecular flexibility index (Phi) is 6.15. The molecule has 0 saturated heterocycles. The first kappa shape index (κ1) is 14.1. The summed E-state index contributed by atoms with van der Waals surface area (Å²) < 4.78 is 10.4. The number of ether oxygens (including phenoxy) is 2. The molecule has 0 saturated carbocycles. The quantitative estimate of drug-likeness (QED) is 0.658. The van der Waals surface area contributed by atoms with Crippen LogP contribution >= 0.6 is 0 Å². The molecule has 0 aliphatic heterocycles. The minimum Gasteiger partial charge on any atom is -0.394 e. The molecular formula is C13H21NO3. The standard InChI is InChI=1S/C13H21NO3/c1-14-13(10-15,11-17-9-8-16-2)12-6-4-3-5-7-12/h3-7,14-15H,8-11H2,1-2H3. The SMILES string of the molecule is CNC(CO)(COCCOC)c1ccccc1. The average Bonchev–Trinajstić information content (AvgIpc) is 2.41. The fourth-order valence-corrected chi connectivity index (χ4v) is 1.66. The monoisotopic (exact) mass is 239 g/mol. The first-order valence-corrected chi connectivity index (χ1v) is 5.71. The zero-order valence-electron chi connectivity index (χ0n) is 10.5. The van der Waals surface area contributed by atoms with Gasteiger partial charge in [0.25, 0.3) is 0 Å². The molecule has 1 aromatic carbocycles. The Morgan fingerprint density at radius 2 is 1.94 bits per heavy atom. The van der Waals surface area contributed by atoms with Gasteiger partial charge >= 0.3 is 0 Å². The van der Waals surface area contributed by atoms with Gasteiger partial charge in [-0.25, -0.2) is 0 Å². The molecule has 0 bridgehead atoms. The van der Waals surface area contributed by atoms with Gasteiger partial charge in [-0.2, -0.15) is 0 Å². The minimum absolute atomic E-state index is 0.0134. The van der Waals surface area contributed by atoms with Crippen molar-refractivity contribution in [3.8, 4) is 0 Å². The number of methoxy groups -OCH3 is 1. The van der Waals surface area contributed by atoms with Crippen molar-refractivity contribution in [3.05, 3.63) is 35.9 Å². The van der Waals surface area contributed by atoms with E-state index >= 15 is 0 Å². The molecule has 0 aliphatic carbocycles. The fourth-order valence-electron chi connectivity index (χ4n) is 1.66. The van der Waals surface area contributed by atoms with Crippen molar-refractivity contribution >= 4 is 0 Å². The molecule has 1 rings (SSSR count). The van der Waals surface area contributed by atoms with Crippen molar-refractivity contribution in [3.63, 3.8) is 0 Å². The number of benzene rings is 1. The van der Waals surface area contributed by atoms with Gasteiger partial charge in [-0.05, 0) is 12.6 Å². The van der Waals surface area contributed by atoms with Crippen LogP contribution in [-0.2, 0) is 15.0 Å². The van der Waals surface area contributed by atoms with E-state index in [1.165, 1.54) is 0 Å². The predicted octanol–water partition coefficient (Wildman–Crippen LogP) is 0.757. The lowest BCUT2D eigenvalue weighted by atomic mass is 9.92. The van der Waals surface area contributed by atoms with E-state index in [9.17, 15) is 5.11 Å². The van der Waals surface area contributed by atoms with Gasteiger partial charge in [0.2, 0.25) is 0 Å². The van der Waals surface area contributed by atoms with Crippen LogP contribution in [0.5, 0.6) is 0 Å². The van der Waals surface area contributed by atoms with Crippen molar-refractivity contribution in [1.29, 1.82) is 0 Å². The Hall–Kier alpha value is -0.940. The summed E-state index contributed by atoms with van der Waals surface area (Å²) in [6, 6.07) is 9.81. The number of nitrogens with one attached hydrogen (secondary N) is 1. The third kappa shape index (κ3) is 3.78. The van der Waals surface area contributed by atoms with E-state index in [0.29, 0.717) is 19.8 Å². The van der Waals surface area contributed by atoms with E-state index in [1.54, 1.807) is 7.11 Å². The summed E-state index contributed by atoms with van der Waals surface area (Å²) in [6.45, 7) is 1.47. The summed E-state index contributed by atoms with van der Waals surface area (Å²) in [5.41, 5.74) is 0.470.